The molecule has 0 aliphatic heterocycles. The lowest BCUT2D eigenvalue weighted by atomic mass is 9.88. The Bertz CT molecular complexity index is 1290. The van der Waals surface area contributed by atoms with Crippen molar-refractivity contribution < 1.29 is 26.7 Å². The number of rotatable bonds is 14. The van der Waals surface area contributed by atoms with Gasteiger partial charge in [-0.25, -0.2) is 0 Å². The molecular formula is C34H38F5NOS. The highest BCUT2D eigenvalue weighted by Gasteiger charge is 2.56. The summed E-state index contributed by atoms with van der Waals surface area (Å²) in [7, 11) is 1.99. The van der Waals surface area contributed by atoms with E-state index < -0.39 is 18.5 Å². The van der Waals surface area contributed by atoms with Gasteiger partial charge in [0.15, 0.2) is 0 Å². The number of hydrogen-bond acceptors (Lipinski definition) is 3. The Hall–Kier alpha value is -2.84. The Labute approximate surface area is 250 Å². The second-order valence-electron chi connectivity index (χ2n) is 10.7. The number of halogens is 5. The average Bonchev–Trinajstić information content (AvgIpc) is 3.17. The lowest BCUT2D eigenvalue weighted by Gasteiger charge is -2.19. The van der Waals surface area contributed by atoms with Crippen LogP contribution in [0.5, 0.6) is 5.75 Å². The summed E-state index contributed by atoms with van der Waals surface area (Å²) in [5.74, 6) is -2.78. The average molecular weight is 604 g/mol. The van der Waals surface area contributed by atoms with Crippen molar-refractivity contribution in [1.29, 1.82) is 0 Å². The van der Waals surface area contributed by atoms with Crippen LogP contribution in [0.2, 0.25) is 0 Å². The summed E-state index contributed by atoms with van der Waals surface area (Å²) >= 11 is 1.41. The largest absolute Gasteiger partial charge is 0.492 e. The van der Waals surface area contributed by atoms with Crippen LogP contribution in [-0.2, 0) is 6.42 Å². The van der Waals surface area contributed by atoms with Crippen molar-refractivity contribution in [3.05, 3.63) is 101 Å². The normalized spacial score (nSPS) is 14.2. The minimum Gasteiger partial charge on any atom is -0.492 e. The minimum absolute atomic E-state index is 0.156. The molecule has 0 bridgehead atoms. The maximum absolute atomic E-state index is 13.0. The molecule has 0 saturated carbocycles. The van der Waals surface area contributed by atoms with Crippen LogP contribution < -0.4 is 4.74 Å². The van der Waals surface area contributed by atoms with Crippen LogP contribution in [0.4, 0.5) is 22.0 Å². The van der Waals surface area contributed by atoms with Crippen LogP contribution in [0.25, 0.3) is 11.1 Å². The third kappa shape index (κ3) is 8.83. The molecule has 0 atom stereocenters. The number of ether oxygens (including phenoxy) is 1. The number of benzene rings is 3. The van der Waals surface area contributed by atoms with Crippen molar-refractivity contribution in [1.82, 2.24) is 4.90 Å². The van der Waals surface area contributed by atoms with Crippen LogP contribution in [-0.4, -0.2) is 55.2 Å². The summed E-state index contributed by atoms with van der Waals surface area (Å²) < 4.78 is 68.6. The Kier molecular flexibility index (Phi) is 11.5. The summed E-state index contributed by atoms with van der Waals surface area (Å²) in [5, 5.41) is 0. The van der Waals surface area contributed by atoms with E-state index in [2.05, 4.69) is 71.6 Å². The third-order valence-corrected chi connectivity index (χ3v) is 8.65. The first-order chi connectivity index (χ1) is 20.2. The molecule has 0 saturated heterocycles. The van der Waals surface area contributed by atoms with Crippen molar-refractivity contribution in [3.8, 4) is 5.75 Å². The molecule has 0 unspecified atom stereocenters. The number of nitrogens with zero attached hydrogens (tertiary/aromatic N) is 1. The predicted octanol–water partition coefficient (Wildman–Crippen LogP) is 9.39. The van der Waals surface area contributed by atoms with Crippen LogP contribution in [0.3, 0.4) is 0 Å². The van der Waals surface area contributed by atoms with Gasteiger partial charge in [0.1, 0.15) is 12.4 Å². The maximum Gasteiger partial charge on any atom is 0.453 e. The van der Waals surface area contributed by atoms with Crippen molar-refractivity contribution in [2.24, 2.45) is 0 Å². The molecule has 0 aromatic heterocycles. The van der Waals surface area contributed by atoms with Crippen molar-refractivity contribution in [2.75, 3.05) is 38.2 Å². The lowest BCUT2D eigenvalue weighted by molar-refractivity contribution is -0.284. The number of aryl methyl sites for hydroxylation is 1. The fraction of sp³-hybridized carbons (Fsp3) is 0.412. The molecule has 0 N–H and O–H groups in total. The molecule has 42 heavy (non-hydrogen) atoms. The highest BCUT2D eigenvalue weighted by Crippen LogP contribution is 2.40. The highest BCUT2D eigenvalue weighted by molar-refractivity contribution is 7.99. The van der Waals surface area contributed by atoms with Gasteiger partial charge in [0.2, 0.25) is 0 Å². The molecule has 226 valence electrons. The Morgan fingerprint density at radius 1 is 0.762 bits per heavy atom. The van der Waals surface area contributed by atoms with E-state index in [-0.39, 0.29) is 6.42 Å². The van der Waals surface area contributed by atoms with Crippen molar-refractivity contribution in [2.45, 2.75) is 50.6 Å². The van der Waals surface area contributed by atoms with Crippen LogP contribution in [0.15, 0.2) is 78.9 Å². The van der Waals surface area contributed by atoms with E-state index in [9.17, 15) is 22.0 Å². The number of thioether (sulfide) groups is 1. The number of alkyl halides is 5. The van der Waals surface area contributed by atoms with Gasteiger partial charge in [-0.3, -0.25) is 0 Å². The Morgan fingerprint density at radius 2 is 1.45 bits per heavy atom. The Morgan fingerprint density at radius 3 is 2.19 bits per heavy atom. The van der Waals surface area contributed by atoms with Gasteiger partial charge >= 0.3 is 12.1 Å². The van der Waals surface area contributed by atoms with E-state index in [4.69, 9.17) is 4.74 Å². The summed E-state index contributed by atoms with van der Waals surface area (Å²) in [6.45, 7) is 2.04. The number of hydrogen-bond donors (Lipinski definition) is 0. The molecule has 8 heteroatoms. The quantitative estimate of drug-likeness (QED) is 0.135. The monoisotopic (exact) mass is 603 g/mol. The van der Waals surface area contributed by atoms with Gasteiger partial charge in [-0.05, 0) is 103 Å². The Balaban J connectivity index is 1.25. The first kappa shape index (κ1) is 32.1. The maximum atomic E-state index is 13.0. The standard InChI is InChI=1S/C34H38F5NOS/c1-40(21-9-25-42-24-8-20-33(35,36)34(37,38)39)22-23-41-29-18-16-28(17-19-29)32-30-14-6-5-12-27(30)13-7-15-31(32)26-10-3-2-4-11-26/h2-6,10-12,14,16-19H,7-9,13,15,20-25H2,1H3. The van der Waals surface area contributed by atoms with Gasteiger partial charge in [0.25, 0.3) is 0 Å². The molecule has 2 nitrogen and oxygen atoms in total. The topological polar surface area (TPSA) is 12.5 Å². The molecular weight excluding hydrogens is 565 g/mol. The zero-order chi connectivity index (χ0) is 30.0. The van der Waals surface area contributed by atoms with Crippen LogP contribution in [0, 0.1) is 0 Å². The predicted molar refractivity (Wildman–Crippen MR) is 163 cm³/mol. The zero-order valence-corrected chi connectivity index (χ0v) is 24.8. The lowest BCUT2D eigenvalue weighted by Crippen LogP contribution is -2.36. The molecule has 0 spiro atoms. The highest BCUT2D eigenvalue weighted by atomic mass is 32.2. The van der Waals surface area contributed by atoms with E-state index >= 15 is 0 Å². The van der Waals surface area contributed by atoms with E-state index in [1.165, 1.54) is 45.2 Å². The fourth-order valence-corrected chi connectivity index (χ4v) is 6.09. The first-order valence-corrected chi connectivity index (χ1v) is 15.6. The summed E-state index contributed by atoms with van der Waals surface area (Å²) in [4.78, 5) is 2.13. The van der Waals surface area contributed by atoms with Gasteiger partial charge < -0.3 is 9.64 Å². The zero-order valence-electron chi connectivity index (χ0n) is 23.9. The summed E-state index contributed by atoms with van der Waals surface area (Å²) in [6, 6.07) is 27.6. The third-order valence-electron chi connectivity index (χ3n) is 7.49. The molecule has 0 heterocycles. The second kappa shape index (κ2) is 15.1. The van der Waals surface area contributed by atoms with E-state index in [0.717, 1.165) is 44.5 Å². The van der Waals surface area contributed by atoms with Crippen molar-refractivity contribution in [3.63, 3.8) is 0 Å². The van der Waals surface area contributed by atoms with Gasteiger partial charge in [-0.2, -0.15) is 33.7 Å². The molecule has 3 aromatic carbocycles. The van der Waals surface area contributed by atoms with Crippen LogP contribution >= 0.6 is 11.8 Å². The molecule has 0 amide bonds. The smallest absolute Gasteiger partial charge is 0.453 e. The molecule has 0 fully saturated rings. The minimum atomic E-state index is -5.46. The van der Waals surface area contributed by atoms with E-state index in [0.29, 0.717) is 18.1 Å². The fourth-order valence-electron chi connectivity index (χ4n) is 5.21. The second-order valence-corrected chi connectivity index (χ2v) is 11.9. The van der Waals surface area contributed by atoms with E-state index in [1.807, 2.05) is 19.2 Å². The number of allylic oxidation sites excluding steroid dienone is 1. The molecule has 0 radical (unpaired) electrons. The number of likely N-dealkylation sites (N-methyl/N-ethyl adjacent to an activating group) is 1. The number of fused-ring (bicyclic) bond motifs is 1. The van der Waals surface area contributed by atoms with Gasteiger partial charge in [0.05, 0.1) is 0 Å². The molecule has 1 aliphatic rings. The van der Waals surface area contributed by atoms with Crippen molar-refractivity contribution >= 4 is 22.9 Å². The van der Waals surface area contributed by atoms with Gasteiger partial charge in [-0.1, -0.05) is 66.7 Å². The van der Waals surface area contributed by atoms with Gasteiger partial charge in [0, 0.05) is 13.0 Å². The molecule has 3 aromatic rings. The molecule has 1 aliphatic carbocycles. The van der Waals surface area contributed by atoms with E-state index in [1.54, 1.807) is 0 Å². The van der Waals surface area contributed by atoms with Crippen LogP contribution in [0.1, 0.15) is 54.4 Å². The molecule has 4 rings (SSSR count). The summed E-state index contributed by atoms with van der Waals surface area (Å²) in [5.41, 5.74) is 7.76. The summed E-state index contributed by atoms with van der Waals surface area (Å²) in [6.07, 6.45) is -2.76. The SMILES string of the molecule is CN(CCCSCCCC(F)(F)C(F)(F)F)CCOc1ccc(C2=C(c3ccccc3)CCCc3ccccc32)cc1. The van der Waals surface area contributed by atoms with Gasteiger partial charge in [-0.15, -0.1) is 0 Å². The first-order valence-electron chi connectivity index (χ1n) is 14.5.